The normalized spacial score (nSPS) is 14.2. The zero-order valence-electron chi connectivity index (χ0n) is 19.2. The number of benzene rings is 2. The van der Waals surface area contributed by atoms with Crippen LogP contribution in [0.25, 0.3) is 11.3 Å². The van der Waals surface area contributed by atoms with Crippen LogP contribution in [0.4, 0.5) is 17.2 Å². The molecule has 4 rings (SSSR count). The van der Waals surface area contributed by atoms with E-state index in [0.717, 1.165) is 61.8 Å². The van der Waals surface area contributed by atoms with E-state index in [1.807, 2.05) is 48.5 Å². The topological polar surface area (TPSA) is 61.4 Å². The molecule has 33 heavy (non-hydrogen) atoms. The number of carbonyl (C=O) groups excluding carboxylic acids is 1. The summed E-state index contributed by atoms with van der Waals surface area (Å²) in [6, 6.07) is 19.6. The highest BCUT2D eigenvalue weighted by Gasteiger charge is 2.26. The summed E-state index contributed by atoms with van der Waals surface area (Å²) in [5.74, 6) is 0.943. The van der Waals surface area contributed by atoms with Crippen LogP contribution in [-0.4, -0.2) is 42.3 Å². The molecule has 1 aliphatic rings. The Labute approximate surface area is 200 Å². The summed E-state index contributed by atoms with van der Waals surface area (Å²) in [6.07, 6.45) is 1.59. The largest absolute Gasteiger partial charge is 0.372 e. The van der Waals surface area contributed by atoms with Gasteiger partial charge in [-0.3, -0.25) is 4.79 Å². The molecule has 6 nitrogen and oxygen atoms in total. The zero-order chi connectivity index (χ0) is 23.2. The molecule has 3 aromatic rings. The van der Waals surface area contributed by atoms with E-state index in [4.69, 9.17) is 11.6 Å². The van der Waals surface area contributed by atoms with Gasteiger partial charge in [0.05, 0.1) is 5.69 Å². The summed E-state index contributed by atoms with van der Waals surface area (Å²) < 4.78 is 0. The number of hydrogen-bond acceptors (Lipinski definition) is 5. The molecule has 1 N–H and O–H groups in total. The Morgan fingerprint density at radius 1 is 0.970 bits per heavy atom. The van der Waals surface area contributed by atoms with Crippen LogP contribution in [0.1, 0.15) is 26.7 Å². The van der Waals surface area contributed by atoms with Crippen LogP contribution in [0.15, 0.2) is 60.7 Å². The molecule has 0 atom stereocenters. The van der Waals surface area contributed by atoms with Crippen molar-refractivity contribution in [1.29, 1.82) is 0 Å². The molecule has 0 bridgehead atoms. The fourth-order valence-electron chi connectivity index (χ4n) is 4.23. The first-order chi connectivity index (χ1) is 16.1. The number of aromatic nitrogens is 2. The summed E-state index contributed by atoms with van der Waals surface area (Å²) in [4.78, 5) is 17.3. The molecule has 7 heteroatoms. The van der Waals surface area contributed by atoms with Gasteiger partial charge in [0.2, 0.25) is 5.91 Å². The molecule has 0 saturated carbocycles. The Kier molecular flexibility index (Phi) is 7.45. The summed E-state index contributed by atoms with van der Waals surface area (Å²) in [5, 5.41) is 12.6. The van der Waals surface area contributed by atoms with Gasteiger partial charge in [-0.25, -0.2) is 0 Å². The maximum absolute atomic E-state index is 12.8. The van der Waals surface area contributed by atoms with E-state index < -0.39 is 0 Å². The third kappa shape index (κ3) is 5.63. The fourth-order valence-corrected chi connectivity index (χ4v) is 4.35. The molecular formula is C26H30ClN5O. The molecule has 1 aliphatic heterocycles. The summed E-state index contributed by atoms with van der Waals surface area (Å²) >= 11 is 5.96. The molecule has 1 aromatic heterocycles. The average molecular weight is 464 g/mol. The highest BCUT2D eigenvalue weighted by molar-refractivity contribution is 6.30. The van der Waals surface area contributed by atoms with Crippen molar-refractivity contribution in [2.45, 2.75) is 26.7 Å². The molecule has 0 radical (unpaired) electrons. The molecule has 2 aromatic carbocycles. The van der Waals surface area contributed by atoms with Crippen LogP contribution in [0.5, 0.6) is 0 Å². The van der Waals surface area contributed by atoms with Crippen LogP contribution in [0, 0.1) is 5.92 Å². The molecule has 172 valence electrons. The number of piperidine rings is 1. The molecule has 2 heterocycles. The van der Waals surface area contributed by atoms with E-state index >= 15 is 0 Å². The van der Waals surface area contributed by atoms with E-state index in [0.29, 0.717) is 5.02 Å². The van der Waals surface area contributed by atoms with Gasteiger partial charge in [-0.15, -0.1) is 10.2 Å². The highest BCUT2D eigenvalue weighted by Crippen LogP contribution is 2.25. The third-order valence-electron chi connectivity index (χ3n) is 6.24. The van der Waals surface area contributed by atoms with E-state index in [9.17, 15) is 4.79 Å². The van der Waals surface area contributed by atoms with Crippen molar-refractivity contribution in [3.8, 4) is 11.3 Å². The van der Waals surface area contributed by atoms with Crippen LogP contribution in [0.2, 0.25) is 5.02 Å². The first kappa shape index (κ1) is 23.1. The lowest BCUT2D eigenvalue weighted by molar-refractivity contribution is -0.120. The van der Waals surface area contributed by atoms with Crippen molar-refractivity contribution in [1.82, 2.24) is 10.2 Å². The first-order valence-electron chi connectivity index (χ1n) is 11.6. The molecule has 1 fully saturated rings. The van der Waals surface area contributed by atoms with Gasteiger partial charge in [0.25, 0.3) is 0 Å². The van der Waals surface area contributed by atoms with Crippen molar-refractivity contribution in [3.63, 3.8) is 0 Å². The summed E-state index contributed by atoms with van der Waals surface area (Å²) in [5.41, 5.74) is 3.83. The predicted octanol–water partition coefficient (Wildman–Crippen LogP) is 5.50. The molecule has 0 aliphatic carbocycles. The molecule has 0 spiro atoms. The monoisotopic (exact) mass is 463 g/mol. The quantitative estimate of drug-likeness (QED) is 0.501. The smallest absolute Gasteiger partial charge is 0.227 e. The lowest BCUT2D eigenvalue weighted by Crippen LogP contribution is -2.38. The SMILES string of the molecule is CCN(CC)c1ccc(NC(=O)C2CCN(c3ccc(-c4ccc(Cl)cc4)nn3)CC2)cc1. The van der Waals surface area contributed by atoms with Crippen LogP contribution in [-0.2, 0) is 4.79 Å². The van der Waals surface area contributed by atoms with Crippen molar-refractivity contribution in [2.75, 3.05) is 41.3 Å². The minimum absolute atomic E-state index is 0.00464. The van der Waals surface area contributed by atoms with Crippen molar-refractivity contribution < 1.29 is 4.79 Å². The lowest BCUT2D eigenvalue weighted by atomic mass is 9.95. The van der Waals surface area contributed by atoms with Crippen molar-refractivity contribution in [2.24, 2.45) is 5.92 Å². The van der Waals surface area contributed by atoms with E-state index in [2.05, 4.69) is 51.3 Å². The van der Waals surface area contributed by atoms with Gasteiger partial charge in [0, 0.05) is 54.1 Å². The van der Waals surface area contributed by atoms with Gasteiger partial charge < -0.3 is 15.1 Å². The molecule has 0 unspecified atom stereocenters. The Morgan fingerprint density at radius 2 is 1.64 bits per heavy atom. The number of halogens is 1. The van der Waals surface area contributed by atoms with Crippen molar-refractivity contribution in [3.05, 3.63) is 65.7 Å². The second kappa shape index (κ2) is 10.7. The first-order valence-corrected chi connectivity index (χ1v) is 12.0. The second-order valence-corrected chi connectivity index (χ2v) is 8.69. The van der Waals surface area contributed by atoms with E-state index in [1.54, 1.807) is 0 Å². The van der Waals surface area contributed by atoms with Crippen LogP contribution in [0.3, 0.4) is 0 Å². The number of nitrogens with zero attached hydrogens (tertiary/aromatic N) is 4. The van der Waals surface area contributed by atoms with Gasteiger partial charge in [-0.2, -0.15) is 0 Å². The number of amides is 1. The molecule has 1 saturated heterocycles. The van der Waals surface area contributed by atoms with Gasteiger partial charge in [-0.1, -0.05) is 23.7 Å². The molecular weight excluding hydrogens is 434 g/mol. The zero-order valence-corrected chi connectivity index (χ0v) is 19.9. The third-order valence-corrected chi connectivity index (χ3v) is 6.50. The molecule has 1 amide bonds. The van der Waals surface area contributed by atoms with Crippen molar-refractivity contribution >= 4 is 34.7 Å². The predicted molar refractivity (Wildman–Crippen MR) is 136 cm³/mol. The Balaban J connectivity index is 1.30. The summed E-state index contributed by atoms with van der Waals surface area (Å²) in [6.45, 7) is 7.79. The Bertz CT molecular complexity index is 1040. The Morgan fingerprint density at radius 3 is 2.21 bits per heavy atom. The Hall–Kier alpha value is -3.12. The maximum Gasteiger partial charge on any atom is 0.227 e. The fraction of sp³-hybridized carbons (Fsp3) is 0.346. The number of carbonyl (C=O) groups is 1. The second-order valence-electron chi connectivity index (χ2n) is 8.25. The van der Waals surface area contributed by atoms with Gasteiger partial charge >= 0.3 is 0 Å². The van der Waals surface area contributed by atoms with E-state index in [1.165, 1.54) is 5.69 Å². The van der Waals surface area contributed by atoms with Gasteiger partial charge in [0.1, 0.15) is 0 Å². The highest BCUT2D eigenvalue weighted by atomic mass is 35.5. The number of rotatable bonds is 7. The standard InChI is InChI=1S/C26H30ClN5O/c1-3-31(4-2)23-11-9-22(10-12-23)28-26(33)20-15-17-32(18-16-20)25-14-13-24(29-30-25)19-5-7-21(27)8-6-19/h5-14,20H,3-4,15-18H2,1-2H3,(H,28,33). The summed E-state index contributed by atoms with van der Waals surface area (Å²) in [7, 11) is 0. The minimum atomic E-state index is 0.00464. The van der Waals surface area contributed by atoms with Gasteiger partial charge in [-0.05, 0) is 75.2 Å². The number of anilines is 3. The van der Waals surface area contributed by atoms with Crippen LogP contribution < -0.4 is 15.1 Å². The maximum atomic E-state index is 12.8. The van der Waals surface area contributed by atoms with Crippen LogP contribution >= 0.6 is 11.6 Å². The number of hydrogen-bond donors (Lipinski definition) is 1. The lowest BCUT2D eigenvalue weighted by Gasteiger charge is -2.31. The van der Waals surface area contributed by atoms with Gasteiger partial charge in [0.15, 0.2) is 5.82 Å². The minimum Gasteiger partial charge on any atom is -0.372 e. The number of nitrogens with one attached hydrogen (secondary N) is 1. The average Bonchev–Trinajstić information content (AvgIpc) is 2.86. The van der Waals surface area contributed by atoms with E-state index in [-0.39, 0.29) is 11.8 Å².